The van der Waals surface area contributed by atoms with Gasteiger partial charge in [-0.25, -0.2) is 0 Å². The molecule has 21 valence electrons. The maximum absolute atomic E-state index is 8.28. The minimum atomic E-state index is 0. The quantitative estimate of drug-likeness (QED) is 0.371. The fraction of sp³-hybridized carbons (Fsp3) is 0. The van der Waals surface area contributed by atoms with Crippen LogP contribution in [-0.4, -0.2) is 27.5 Å². The first-order valence-electron chi connectivity index (χ1n) is 0.289. The second kappa shape index (κ2) is 22.7. The Bertz CT molecular complexity index is 8.00. The molecule has 0 aromatic heterocycles. The molecule has 1 nitrogen and oxygen atoms in total. The van der Waals surface area contributed by atoms with Crippen molar-refractivity contribution in [2.45, 2.75) is 0 Å². The molecule has 0 saturated heterocycles. The molecule has 0 aliphatic carbocycles. The Balaban J connectivity index is -0.00000000500. The van der Waals surface area contributed by atoms with E-state index in [1.54, 1.807) is 0 Å². The summed E-state index contributed by atoms with van der Waals surface area (Å²) < 4.78 is 8.28. The van der Waals surface area contributed by atoms with Crippen LogP contribution in [0.15, 0.2) is 0 Å². The Labute approximate surface area is 64.0 Å². The molecule has 0 saturated carbocycles. The summed E-state index contributed by atoms with van der Waals surface area (Å²) in [7, 11) is 0.611. The Morgan fingerprint density at radius 1 is 1.25 bits per heavy atom. The van der Waals surface area contributed by atoms with Crippen LogP contribution in [0.1, 0.15) is 0 Å². The molecule has 0 atom stereocenters. The summed E-state index contributed by atoms with van der Waals surface area (Å²) in [5.74, 6) is 0. The van der Waals surface area contributed by atoms with Crippen molar-refractivity contribution >= 4 is 27.5 Å². The molecule has 1 radical (unpaired) electrons. The van der Waals surface area contributed by atoms with E-state index in [0.717, 1.165) is 0 Å². The third-order valence-corrected chi connectivity index (χ3v) is 0. The van der Waals surface area contributed by atoms with E-state index in [-0.39, 0.29) is 50.1 Å². The summed E-state index contributed by atoms with van der Waals surface area (Å²) in [6.45, 7) is 0. The van der Waals surface area contributed by atoms with Crippen LogP contribution in [0.2, 0.25) is 0 Å². The topological polar surface area (TPSA) is 17.1 Å². The van der Waals surface area contributed by atoms with Crippen LogP contribution in [0.25, 0.3) is 0 Å². The molecule has 0 unspecified atom stereocenters. The molecule has 0 aromatic carbocycles. The van der Waals surface area contributed by atoms with Crippen LogP contribution in [0.3, 0.4) is 0 Å². The molecule has 0 heterocycles. The van der Waals surface area contributed by atoms with Crippen LogP contribution < -0.4 is 0 Å². The fourth-order valence-electron chi connectivity index (χ4n) is 0. The van der Waals surface area contributed by atoms with Gasteiger partial charge in [-0.3, -0.25) is 0 Å². The van der Waals surface area contributed by atoms with Crippen molar-refractivity contribution in [3.05, 3.63) is 0 Å². The van der Waals surface area contributed by atoms with Crippen molar-refractivity contribution in [2.75, 3.05) is 0 Å². The van der Waals surface area contributed by atoms with Gasteiger partial charge in [-0.15, -0.1) is 0 Å². The van der Waals surface area contributed by atoms with E-state index in [4.69, 9.17) is 4.46 Å². The third kappa shape index (κ3) is 9.41. The maximum atomic E-state index is 8.28. The number of hydrogen-bond acceptors (Lipinski definition) is 1. The van der Waals surface area contributed by atoms with Crippen LogP contribution >= 0.6 is 0 Å². The fourth-order valence-corrected chi connectivity index (χ4v) is 0. The zero-order valence-electron chi connectivity index (χ0n) is 1.69. The summed E-state index contributed by atoms with van der Waals surface area (Å²) in [5.41, 5.74) is 0. The molecule has 0 aliphatic rings. The molecule has 0 rings (SSSR count). The molecule has 4 heteroatoms. The van der Waals surface area contributed by atoms with E-state index >= 15 is 0 Å². The zero-order chi connectivity index (χ0) is 2.00. The van der Waals surface area contributed by atoms with Gasteiger partial charge in [0.15, 0.2) is 17.4 Å². The minimum absolute atomic E-state index is 0. The summed E-state index contributed by atoms with van der Waals surface area (Å²) in [6.07, 6.45) is 0. The smallest absolute Gasteiger partial charge is 0.245 e. The van der Waals surface area contributed by atoms with E-state index in [1.807, 2.05) is 0 Å². The predicted octanol–water partition coefficient (Wildman–Crippen LogP) is -2.22. The van der Waals surface area contributed by atoms with Gasteiger partial charge in [0.05, 0.1) is 0 Å². The first-order valence-corrected chi connectivity index (χ1v) is 0.866. The first kappa shape index (κ1) is 17.4. The van der Waals surface area contributed by atoms with Crippen molar-refractivity contribution in [1.82, 2.24) is 0 Å². The standard InChI is InChI=1S/Al.H2OSi.Y.3H/c;1-2;;;;/h;2H2;;;;. The van der Waals surface area contributed by atoms with E-state index < -0.39 is 0 Å². The molecule has 0 fully saturated rings. The van der Waals surface area contributed by atoms with Crippen molar-refractivity contribution < 1.29 is 37.2 Å². The molecule has 0 spiro atoms. The monoisotopic (exact) mass is 165 g/mol. The Hall–Kier alpha value is 1.65. The average molecular weight is 165 g/mol. The molecule has 0 N–H and O–H groups in total. The molecule has 0 aromatic rings. The Morgan fingerprint density at radius 2 is 1.25 bits per heavy atom. The predicted molar refractivity (Wildman–Crippen MR) is 19.2 cm³/mol. The van der Waals surface area contributed by atoms with Gasteiger partial charge in [-0.1, -0.05) is 0 Å². The minimum Gasteiger partial charge on any atom is -0.396 e. The molecule has 0 amide bonds. The van der Waals surface area contributed by atoms with Crippen LogP contribution in [0, 0.1) is 0 Å². The van der Waals surface area contributed by atoms with Crippen molar-refractivity contribution in [3.8, 4) is 0 Å². The summed E-state index contributed by atoms with van der Waals surface area (Å²) in [5, 5.41) is 0. The van der Waals surface area contributed by atoms with E-state index in [1.165, 1.54) is 0 Å². The van der Waals surface area contributed by atoms with Crippen LogP contribution in [0.5, 0.6) is 0 Å². The van der Waals surface area contributed by atoms with Gasteiger partial charge in [-0.05, 0) is 0 Å². The van der Waals surface area contributed by atoms with Gasteiger partial charge < -0.3 is 4.46 Å². The average Bonchev–Trinajstić information content (AvgIpc) is 1.00. The Morgan fingerprint density at radius 3 is 1.25 bits per heavy atom. The Kier molecular flexibility index (Phi) is 98.8. The van der Waals surface area contributed by atoms with Gasteiger partial charge in [0.1, 0.15) is 0 Å². The summed E-state index contributed by atoms with van der Waals surface area (Å²) >= 11 is 0. The first-order chi connectivity index (χ1) is 1.00. The number of rotatable bonds is 0. The SMILES string of the molecule is O=[SiH2].[AlH3].[Y]. The normalized spacial score (nSPS) is 1.00. The molecule has 0 bridgehead atoms. The van der Waals surface area contributed by atoms with E-state index in [2.05, 4.69) is 0 Å². The zero-order valence-corrected chi connectivity index (χ0v) is 5.95. The second-order valence-corrected chi connectivity index (χ2v) is 0. The van der Waals surface area contributed by atoms with Gasteiger partial charge >= 0.3 is 0 Å². The van der Waals surface area contributed by atoms with Gasteiger partial charge in [0, 0.05) is 32.7 Å². The molecule has 0 aliphatic heterocycles. The van der Waals surface area contributed by atoms with Gasteiger partial charge in [0.25, 0.3) is 0 Å². The van der Waals surface area contributed by atoms with Crippen molar-refractivity contribution in [2.24, 2.45) is 0 Å². The molecular formula is H5AlOSiY. The van der Waals surface area contributed by atoms with E-state index in [0.29, 0.717) is 10.1 Å². The van der Waals surface area contributed by atoms with Crippen LogP contribution in [-0.2, 0) is 37.2 Å². The van der Waals surface area contributed by atoms with Crippen molar-refractivity contribution in [3.63, 3.8) is 0 Å². The maximum Gasteiger partial charge on any atom is 0.245 e. The van der Waals surface area contributed by atoms with Crippen molar-refractivity contribution in [1.29, 1.82) is 0 Å². The van der Waals surface area contributed by atoms with Gasteiger partial charge in [-0.2, -0.15) is 0 Å². The molecule has 4 heavy (non-hydrogen) atoms. The largest absolute Gasteiger partial charge is 0.396 e. The summed E-state index contributed by atoms with van der Waals surface area (Å²) in [4.78, 5) is 0. The van der Waals surface area contributed by atoms with E-state index in [9.17, 15) is 0 Å². The van der Waals surface area contributed by atoms with Crippen LogP contribution in [0.4, 0.5) is 0 Å². The number of hydrogen-bond donors (Lipinski definition) is 0. The second-order valence-electron chi connectivity index (χ2n) is 0. The third-order valence-electron chi connectivity index (χ3n) is 0. The summed E-state index contributed by atoms with van der Waals surface area (Å²) in [6, 6.07) is 0. The van der Waals surface area contributed by atoms with Gasteiger partial charge in [0.2, 0.25) is 10.1 Å². The molecular weight excluding hydrogens is 160 g/mol.